The molecule has 15 aromatic rings. The maximum Gasteiger partial charge on any atom is 0.159 e. The van der Waals surface area contributed by atoms with Crippen LogP contribution in [0.4, 0.5) is 34.1 Å². The molecule has 0 amide bonds. The van der Waals surface area contributed by atoms with Crippen LogP contribution < -0.4 is 9.80 Å². The van der Waals surface area contributed by atoms with Crippen LogP contribution >= 0.6 is 0 Å². The van der Waals surface area contributed by atoms with Crippen LogP contribution in [-0.2, 0) is 21.7 Å². The van der Waals surface area contributed by atoms with Gasteiger partial charge in [-0.3, -0.25) is 0 Å². The lowest BCUT2D eigenvalue weighted by molar-refractivity contribution is 0.564. The highest BCUT2D eigenvalue weighted by molar-refractivity contribution is 6.23. The Labute approximate surface area is 489 Å². The van der Waals surface area contributed by atoms with Gasteiger partial charge < -0.3 is 27.5 Å². The first-order valence-corrected chi connectivity index (χ1v) is 29.6. The van der Waals surface area contributed by atoms with Crippen molar-refractivity contribution in [3.63, 3.8) is 0 Å². The van der Waals surface area contributed by atoms with E-state index >= 15 is 0 Å². The summed E-state index contributed by atoms with van der Waals surface area (Å²) in [6, 6.07) is 70.0. The summed E-state index contributed by atoms with van der Waals surface area (Å²) in [7, 11) is 0. The summed E-state index contributed by atoms with van der Waals surface area (Å²) < 4.78 is 28.8. The van der Waals surface area contributed by atoms with Crippen LogP contribution in [0.3, 0.4) is 0 Å². The van der Waals surface area contributed by atoms with Gasteiger partial charge in [-0.15, -0.1) is 0 Å². The van der Waals surface area contributed by atoms with Gasteiger partial charge >= 0.3 is 0 Å². The minimum absolute atomic E-state index is 0.0913. The molecule has 15 rings (SSSR count). The maximum atomic E-state index is 7.38. The molecule has 0 unspecified atom stereocenters. The predicted octanol–water partition coefficient (Wildman–Crippen LogP) is 23.7. The Bertz CT molecular complexity index is 4850. The van der Waals surface area contributed by atoms with Crippen LogP contribution in [-0.4, -0.2) is 0 Å². The molecule has 0 bridgehead atoms. The third-order valence-electron chi connectivity index (χ3n) is 17.4. The Morgan fingerprint density at radius 2 is 0.631 bits per heavy atom. The van der Waals surface area contributed by atoms with Crippen LogP contribution in [0.15, 0.2) is 212 Å². The van der Waals surface area contributed by atoms with Crippen molar-refractivity contribution in [3.05, 3.63) is 216 Å². The van der Waals surface area contributed by atoms with Crippen LogP contribution in [0, 0.1) is 0 Å². The van der Waals surface area contributed by atoms with Crippen LogP contribution in [0.2, 0.25) is 0 Å². The first-order valence-electron chi connectivity index (χ1n) is 29.6. The second-order valence-electron chi connectivity index (χ2n) is 27.3. The Morgan fingerprint density at radius 1 is 0.262 bits per heavy atom. The van der Waals surface area contributed by atoms with Crippen LogP contribution in [0.1, 0.15) is 105 Å². The number of nitrogens with zero attached hydrogens (tertiary/aromatic N) is 2. The van der Waals surface area contributed by atoms with Gasteiger partial charge in [0.25, 0.3) is 0 Å². The Hall–Kier alpha value is -9.26. The number of rotatable bonds is 6. The molecule has 6 heteroatoms. The average Bonchev–Trinajstić information content (AvgIpc) is 1.60. The van der Waals surface area contributed by atoms with E-state index in [2.05, 4.69) is 287 Å². The molecule has 11 aromatic carbocycles. The van der Waals surface area contributed by atoms with Crippen molar-refractivity contribution in [3.8, 4) is 0 Å². The summed E-state index contributed by atoms with van der Waals surface area (Å²) in [5.74, 6) is 0. The maximum absolute atomic E-state index is 7.38. The monoisotopic (exact) mass is 1100 g/mol. The van der Waals surface area contributed by atoms with Crippen molar-refractivity contribution in [2.24, 2.45) is 0 Å². The molecule has 0 radical (unpaired) electrons. The van der Waals surface area contributed by atoms with Crippen LogP contribution in [0.5, 0.6) is 0 Å². The summed E-state index contributed by atoms with van der Waals surface area (Å²) >= 11 is 0. The molecule has 0 N–H and O–H groups in total. The molecule has 6 nitrogen and oxygen atoms in total. The molecule has 0 saturated carbocycles. The average molecular weight is 1100 g/mol. The first kappa shape index (κ1) is 51.6. The fraction of sp³-hybridized carbons (Fsp3) is 0.205. The van der Waals surface area contributed by atoms with E-state index in [0.717, 1.165) is 155 Å². The van der Waals surface area contributed by atoms with Gasteiger partial charge in [0.1, 0.15) is 33.5 Å². The topological polar surface area (TPSA) is 59.0 Å². The SMILES string of the molecule is CC(C)(C)c1cccc2c1oc1c(N(c3ccccc3)c3ccc4cc5c(cc4c3)oc3c(C(C)(C)C)c4c(oc6cc7cc(N(c8ccccc8)c8cccc9c8oc8c(C(C)(C)C)cccc89)ccc7cc64)c(C(C)(C)C)c35)cccc12. The second-order valence-corrected chi connectivity index (χ2v) is 27.3. The summed E-state index contributed by atoms with van der Waals surface area (Å²) in [6.07, 6.45) is 0. The summed E-state index contributed by atoms with van der Waals surface area (Å²) in [4.78, 5) is 4.65. The highest BCUT2D eigenvalue weighted by atomic mass is 16.3. The largest absolute Gasteiger partial charge is 0.456 e. The molecule has 0 spiro atoms. The molecule has 4 aromatic heterocycles. The number of hydrogen-bond donors (Lipinski definition) is 0. The zero-order valence-electron chi connectivity index (χ0n) is 50.0. The summed E-state index contributed by atoms with van der Waals surface area (Å²) in [6.45, 7) is 27.3. The van der Waals surface area contributed by atoms with E-state index < -0.39 is 0 Å². The van der Waals surface area contributed by atoms with Crippen molar-refractivity contribution >= 4 is 143 Å². The van der Waals surface area contributed by atoms with Gasteiger partial charge in [-0.05, 0) is 128 Å². The van der Waals surface area contributed by atoms with Crippen molar-refractivity contribution in [1.29, 1.82) is 0 Å². The van der Waals surface area contributed by atoms with Crippen molar-refractivity contribution in [2.45, 2.75) is 105 Å². The Morgan fingerprint density at radius 3 is 1.00 bits per heavy atom. The number of hydrogen-bond acceptors (Lipinski definition) is 6. The van der Waals surface area contributed by atoms with Gasteiger partial charge in [-0.1, -0.05) is 192 Å². The molecular weight excluding hydrogens is 1030 g/mol. The third-order valence-corrected chi connectivity index (χ3v) is 17.4. The molecule has 0 aliphatic rings. The molecule has 414 valence electrons. The number of fused-ring (bicyclic) bond motifs is 14. The van der Waals surface area contributed by atoms with Gasteiger partial charge in [0.2, 0.25) is 0 Å². The van der Waals surface area contributed by atoms with E-state index in [0.29, 0.717) is 0 Å². The minimum atomic E-state index is -0.327. The van der Waals surface area contributed by atoms with E-state index in [4.69, 9.17) is 17.7 Å². The molecule has 4 heterocycles. The quantitative estimate of drug-likeness (QED) is 0.165. The number of furan rings is 4. The minimum Gasteiger partial charge on any atom is -0.456 e. The predicted molar refractivity (Wildman–Crippen MR) is 355 cm³/mol. The molecule has 84 heavy (non-hydrogen) atoms. The van der Waals surface area contributed by atoms with Crippen molar-refractivity contribution in [1.82, 2.24) is 0 Å². The standard InChI is InChI=1S/C78H68N2O4/c1-75(2,3)59-31-19-27-53-55-29-21-33-61(71(55)83-69(53)59)79(49-23-15-13-16-24-49)51-37-35-45-41-57-63(43-47(45)39-51)81-73-65(57)67(77(7,8)9)74-66(68(73)78(10,11)12)58-42-46-36-38-52(40-48(46)44-64(58)82-74)80(50-25-17-14-18-26-50)62-34-22-30-56-54-28-20-32-60(76(4,5)6)70(54)84-72(56)62/h13-44H,1-12H3. The normalized spacial score (nSPS) is 13.0. The number of para-hydroxylation sites is 6. The Balaban J connectivity index is 0.906. The summed E-state index contributed by atoms with van der Waals surface area (Å²) in [5.41, 5.74) is 17.0. The van der Waals surface area contributed by atoms with E-state index in [-0.39, 0.29) is 21.7 Å². The van der Waals surface area contributed by atoms with Crippen LogP contribution in [0.25, 0.3) is 109 Å². The van der Waals surface area contributed by atoms with E-state index in [1.54, 1.807) is 0 Å². The lowest BCUT2D eigenvalue weighted by Gasteiger charge is -2.26. The zero-order chi connectivity index (χ0) is 57.9. The lowest BCUT2D eigenvalue weighted by atomic mass is 9.77. The molecule has 0 aliphatic carbocycles. The van der Waals surface area contributed by atoms with Gasteiger partial charge in [-0.25, -0.2) is 0 Å². The summed E-state index contributed by atoms with van der Waals surface area (Å²) in [5, 5.41) is 13.2. The first-order chi connectivity index (χ1) is 40.2. The van der Waals surface area contributed by atoms with E-state index in [9.17, 15) is 0 Å². The number of benzene rings is 11. The van der Waals surface area contributed by atoms with Gasteiger partial charge in [0, 0.05) is 88.1 Å². The second kappa shape index (κ2) is 18.1. The lowest BCUT2D eigenvalue weighted by Crippen LogP contribution is -2.16. The van der Waals surface area contributed by atoms with Gasteiger partial charge in [-0.2, -0.15) is 0 Å². The fourth-order valence-electron chi connectivity index (χ4n) is 13.6. The third kappa shape index (κ3) is 7.97. The van der Waals surface area contributed by atoms with Crippen molar-refractivity contribution < 1.29 is 17.7 Å². The smallest absolute Gasteiger partial charge is 0.159 e. The molecule has 0 saturated heterocycles. The molecule has 0 aliphatic heterocycles. The Kier molecular flexibility index (Phi) is 11.1. The highest BCUT2D eigenvalue weighted by Crippen LogP contribution is 2.53. The van der Waals surface area contributed by atoms with Gasteiger partial charge in [0.05, 0.1) is 11.4 Å². The van der Waals surface area contributed by atoms with E-state index in [1.165, 1.54) is 11.1 Å². The highest BCUT2D eigenvalue weighted by Gasteiger charge is 2.35. The van der Waals surface area contributed by atoms with Crippen molar-refractivity contribution in [2.75, 3.05) is 9.80 Å². The van der Waals surface area contributed by atoms with E-state index in [1.807, 2.05) is 0 Å². The zero-order valence-corrected chi connectivity index (χ0v) is 50.0. The molecule has 0 atom stereocenters. The number of anilines is 6. The molecular formula is C78H68N2O4. The molecule has 0 fully saturated rings. The van der Waals surface area contributed by atoms with Gasteiger partial charge in [0.15, 0.2) is 11.2 Å². The fourth-order valence-corrected chi connectivity index (χ4v) is 13.6.